The van der Waals surface area contributed by atoms with Gasteiger partial charge in [0.25, 0.3) is 0 Å². The third-order valence-electron chi connectivity index (χ3n) is 10.9. The Kier molecular flexibility index (Phi) is 9.04. The molecule has 1 atom stereocenters. The number of benzene rings is 7. The van der Waals surface area contributed by atoms with E-state index in [2.05, 4.69) is 160 Å². The Labute approximate surface area is 313 Å². The number of nitrogens with two attached hydrogens (primary N) is 2. The summed E-state index contributed by atoms with van der Waals surface area (Å²) < 4.78 is 0. The largest absolute Gasteiger partial charge is 0.398 e. The molecule has 260 valence electrons. The van der Waals surface area contributed by atoms with Crippen molar-refractivity contribution in [2.45, 2.75) is 38.8 Å². The molecule has 0 radical (unpaired) electrons. The summed E-state index contributed by atoms with van der Waals surface area (Å²) in [5, 5.41) is 6.22. The summed E-state index contributed by atoms with van der Waals surface area (Å²) in [5.41, 5.74) is 29.4. The Morgan fingerprint density at radius 3 is 2.13 bits per heavy atom. The Balaban J connectivity index is 1.16. The number of hydrogen-bond acceptors (Lipinski definition) is 3. The zero-order valence-corrected chi connectivity index (χ0v) is 30.6. The first-order chi connectivity index (χ1) is 25.8. The van der Waals surface area contributed by atoms with E-state index in [9.17, 15) is 0 Å². The molecule has 1 unspecified atom stereocenters. The van der Waals surface area contributed by atoms with Gasteiger partial charge in [-0.15, -0.1) is 0 Å². The highest BCUT2D eigenvalue weighted by molar-refractivity contribution is 5.98. The maximum absolute atomic E-state index is 6.80. The van der Waals surface area contributed by atoms with Gasteiger partial charge in [-0.1, -0.05) is 159 Å². The molecule has 3 nitrogen and oxygen atoms in total. The number of rotatable bonds is 9. The van der Waals surface area contributed by atoms with Crippen LogP contribution >= 0.6 is 0 Å². The number of fused-ring (bicyclic) bond motifs is 4. The smallest absolute Gasteiger partial charge is 0.101 e. The molecule has 7 aromatic carbocycles. The van der Waals surface area contributed by atoms with Crippen molar-refractivity contribution in [3.05, 3.63) is 203 Å². The van der Waals surface area contributed by atoms with Crippen LogP contribution in [-0.4, -0.2) is 0 Å². The van der Waals surface area contributed by atoms with Gasteiger partial charge in [-0.05, 0) is 115 Å². The summed E-state index contributed by atoms with van der Waals surface area (Å²) >= 11 is 0. The molecule has 0 saturated carbocycles. The number of anilines is 1. The Morgan fingerprint density at radius 1 is 0.679 bits per heavy atom. The van der Waals surface area contributed by atoms with E-state index >= 15 is 0 Å². The predicted molar refractivity (Wildman–Crippen MR) is 226 cm³/mol. The van der Waals surface area contributed by atoms with E-state index in [4.69, 9.17) is 11.5 Å². The molecule has 3 heteroatoms. The van der Waals surface area contributed by atoms with Crippen molar-refractivity contribution in [3.8, 4) is 22.3 Å². The molecule has 1 aliphatic carbocycles. The van der Waals surface area contributed by atoms with Gasteiger partial charge in [-0.2, -0.15) is 0 Å². The first kappa shape index (κ1) is 34.0. The van der Waals surface area contributed by atoms with Gasteiger partial charge in [-0.25, -0.2) is 0 Å². The highest BCUT2D eigenvalue weighted by Crippen LogP contribution is 2.53. The van der Waals surface area contributed by atoms with Gasteiger partial charge in [-0.3, -0.25) is 0 Å². The maximum Gasteiger partial charge on any atom is 0.101 e. The highest BCUT2D eigenvalue weighted by Gasteiger charge is 2.37. The van der Waals surface area contributed by atoms with Crippen LogP contribution in [-0.2, 0) is 11.8 Å². The lowest BCUT2D eigenvalue weighted by atomic mass is 9.81. The summed E-state index contributed by atoms with van der Waals surface area (Å²) in [5.74, 6) is 0. The molecule has 1 aliphatic rings. The maximum atomic E-state index is 6.80. The molecule has 53 heavy (non-hydrogen) atoms. The van der Waals surface area contributed by atoms with E-state index in [1.165, 1.54) is 60.9 Å². The molecular weight excluding hydrogens is 643 g/mol. The van der Waals surface area contributed by atoms with Gasteiger partial charge >= 0.3 is 0 Å². The lowest BCUT2D eigenvalue weighted by Gasteiger charge is -2.22. The Morgan fingerprint density at radius 2 is 1.36 bits per heavy atom. The van der Waals surface area contributed by atoms with Gasteiger partial charge in [0.15, 0.2) is 0 Å². The van der Waals surface area contributed by atoms with Gasteiger partial charge < -0.3 is 16.8 Å². The van der Waals surface area contributed by atoms with E-state index in [0.717, 1.165) is 34.5 Å². The van der Waals surface area contributed by atoms with E-state index < -0.39 is 0 Å². The molecule has 0 aromatic heterocycles. The fraction of sp³-hybridized carbons (Fsp3) is 0.120. The van der Waals surface area contributed by atoms with E-state index in [0.29, 0.717) is 0 Å². The van der Waals surface area contributed by atoms with Crippen LogP contribution in [0, 0.1) is 0 Å². The number of nitrogen functional groups attached to an aromatic ring is 1. The van der Waals surface area contributed by atoms with Gasteiger partial charge in [0.1, 0.15) is 6.17 Å². The second-order valence-electron chi connectivity index (χ2n) is 14.6. The lowest BCUT2D eigenvalue weighted by Crippen LogP contribution is -2.27. The molecular formula is C50H45N3. The van der Waals surface area contributed by atoms with Crippen molar-refractivity contribution < 1.29 is 0 Å². The van der Waals surface area contributed by atoms with Crippen molar-refractivity contribution in [1.82, 2.24) is 5.32 Å². The summed E-state index contributed by atoms with van der Waals surface area (Å²) in [4.78, 5) is 0. The van der Waals surface area contributed by atoms with Crippen LogP contribution in [0.25, 0.3) is 50.4 Å². The normalized spacial score (nSPS) is 14.1. The monoisotopic (exact) mass is 687 g/mol. The Bertz CT molecular complexity index is 2500. The van der Waals surface area contributed by atoms with Crippen LogP contribution < -0.4 is 16.8 Å². The van der Waals surface area contributed by atoms with E-state index in [1.54, 1.807) is 0 Å². The SMILES string of the molecule is C/C(=C\c1ccccc1N)c1ccccc1C/C=C(\NC(N)c1ccccc1)c1ccc(-c2cccc3c2-c2cc4ccccc4cc2C3(C)C)cc1. The molecule has 0 spiro atoms. The first-order valence-electron chi connectivity index (χ1n) is 18.4. The van der Waals surface area contributed by atoms with Gasteiger partial charge in [0.2, 0.25) is 0 Å². The fourth-order valence-electron chi connectivity index (χ4n) is 7.96. The summed E-state index contributed by atoms with van der Waals surface area (Å²) in [6.45, 7) is 6.86. The number of nitrogens with one attached hydrogen (secondary N) is 1. The average molecular weight is 688 g/mol. The molecule has 0 saturated heterocycles. The van der Waals surface area contributed by atoms with Crippen LogP contribution in [0.5, 0.6) is 0 Å². The Hall–Kier alpha value is -6.16. The standard InChI is InChI=1S/C50H45N3/c1-33(30-40-19-10-12-23-46(40)51)41-20-11-9-14-34(41)28-29-47(53-49(52)37-15-5-4-6-16-37)36-26-24-35(25-27-36)42-21-13-22-44-48(42)43-31-38-17-7-8-18-39(38)32-45(43)50(44,2)3/h4-27,29-32,49,53H,28,51-52H2,1-3H3/b33-30+,47-29-. The number of allylic oxidation sites excluding steroid dienone is 2. The van der Waals surface area contributed by atoms with Crippen molar-refractivity contribution >= 4 is 33.8 Å². The first-order valence-corrected chi connectivity index (χ1v) is 18.4. The molecule has 5 N–H and O–H groups in total. The van der Waals surface area contributed by atoms with Crippen LogP contribution in [0.4, 0.5) is 5.69 Å². The molecule has 0 fully saturated rings. The van der Waals surface area contributed by atoms with Crippen LogP contribution in [0.2, 0.25) is 0 Å². The van der Waals surface area contributed by atoms with Crippen molar-refractivity contribution in [2.75, 3.05) is 5.73 Å². The predicted octanol–water partition coefficient (Wildman–Crippen LogP) is 11.8. The lowest BCUT2D eigenvalue weighted by molar-refractivity contribution is 0.661. The number of hydrogen-bond donors (Lipinski definition) is 3. The minimum atomic E-state index is -0.369. The summed E-state index contributed by atoms with van der Waals surface area (Å²) in [6.07, 6.45) is 4.79. The van der Waals surface area contributed by atoms with Crippen LogP contribution in [0.15, 0.2) is 164 Å². The average Bonchev–Trinajstić information content (AvgIpc) is 3.42. The molecule has 7 aromatic rings. The topological polar surface area (TPSA) is 64.1 Å². The second kappa shape index (κ2) is 14.1. The zero-order chi connectivity index (χ0) is 36.5. The quantitative estimate of drug-likeness (QED) is 0.0804. The van der Waals surface area contributed by atoms with Crippen LogP contribution in [0.1, 0.15) is 65.9 Å². The summed E-state index contributed by atoms with van der Waals surface area (Å²) in [7, 11) is 0. The van der Waals surface area contributed by atoms with Crippen LogP contribution in [0.3, 0.4) is 0 Å². The molecule has 0 amide bonds. The van der Waals surface area contributed by atoms with E-state index in [1.807, 2.05) is 36.4 Å². The summed E-state index contributed by atoms with van der Waals surface area (Å²) in [6, 6.07) is 56.0. The third-order valence-corrected chi connectivity index (χ3v) is 10.9. The minimum absolute atomic E-state index is 0.0877. The van der Waals surface area contributed by atoms with Crippen molar-refractivity contribution in [1.29, 1.82) is 0 Å². The zero-order valence-electron chi connectivity index (χ0n) is 30.6. The van der Waals surface area contributed by atoms with Crippen molar-refractivity contribution in [3.63, 3.8) is 0 Å². The second-order valence-corrected chi connectivity index (χ2v) is 14.6. The van der Waals surface area contributed by atoms with Gasteiger partial charge in [0, 0.05) is 16.8 Å². The minimum Gasteiger partial charge on any atom is -0.398 e. The third kappa shape index (κ3) is 6.57. The van der Waals surface area contributed by atoms with Crippen molar-refractivity contribution in [2.24, 2.45) is 5.73 Å². The molecule has 0 bridgehead atoms. The highest BCUT2D eigenvalue weighted by atomic mass is 15.0. The van der Waals surface area contributed by atoms with E-state index in [-0.39, 0.29) is 11.6 Å². The fourth-order valence-corrected chi connectivity index (χ4v) is 7.96. The molecule has 0 aliphatic heterocycles. The number of para-hydroxylation sites is 1. The molecule has 8 rings (SSSR count). The molecule has 0 heterocycles. The van der Waals surface area contributed by atoms with Gasteiger partial charge in [0.05, 0.1) is 0 Å².